The van der Waals surface area contributed by atoms with E-state index in [9.17, 15) is 9.18 Å². The highest BCUT2D eigenvalue weighted by atomic mass is 19.1. The van der Waals surface area contributed by atoms with Crippen molar-refractivity contribution < 1.29 is 9.18 Å². The Bertz CT molecular complexity index is 688. The van der Waals surface area contributed by atoms with Gasteiger partial charge >= 0.3 is 0 Å². The molecule has 1 amide bonds. The lowest BCUT2D eigenvalue weighted by Crippen LogP contribution is -2.51. The van der Waals surface area contributed by atoms with Gasteiger partial charge in [0.05, 0.1) is 18.0 Å². The van der Waals surface area contributed by atoms with Crippen LogP contribution in [-0.2, 0) is 0 Å². The van der Waals surface area contributed by atoms with Crippen LogP contribution in [0.3, 0.4) is 0 Å². The van der Waals surface area contributed by atoms with E-state index in [4.69, 9.17) is 5.73 Å². The van der Waals surface area contributed by atoms with Crippen molar-refractivity contribution in [3.63, 3.8) is 0 Å². The van der Waals surface area contributed by atoms with Crippen LogP contribution in [0.25, 0.3) is 5.69 Å². The highest BCUT2D eigenvalue weighted by Gasteiger charge is 2.33. The first-order valence-corrected chi connectivity index (χ1v) is 7.79. The standard InChI is InChI=1S/C16H20FN5O/c1-11-4-3-9-21(14(11)10-18)16(23)12-5-2-6-13(17)15(12)22-19-7-8-20-22/h2,5-8,11,14H,3-4,9-10,18H2,1H3/t11-,14?/m1/s1. The molecule has 3 rings (SSSR count). The summed E-state index contributed by atoms with van der Waals surface area (Å²) in [5, 5.41) is 7.92. The van der Waals surface area contributed by atoms with Crippen molar-refractivity contribution in [3.8, 4) is 5.69 Å². The third kappa shape index (κ3) is 2.84. The van der Waals surface area contributed by atoms with Crippen molar-refractivity contribution in [2.24, 2.45) is 11.7 Å². The molecule has 1 unspecified atom stereocenters. The highest BCUT2D eigenvalue weighted by molar-refractivity contribution is 5.98. The number of aromatic nitrogens is 3. The van der Waals surface area contributed by atoms with Gasteiger partial charge in [-0.1, -0.05) is 13.0 Å². The van der Waals surface area contributed by atoms with Gasteiger partial charge in [0.1, 0.15) is 5.69 Å². The van der Waals surface area contributed by atoms with Crippen LogP contribution in [-0.4, -0.2) is 44.9 Å². The highest BCUT2D eigenvalue weighted by Crippen LogP contribution is 2.26. The maximum Gasteiger partial charge on any atom is 0.256 e. The Morgan fingerprint density at radius 2 is 2.13 bits per heavy atom. The molecule has 1 aromatic carbocycles. The van der Waals surface area contributed by atoms with E-state index in [2.05, 4.69) is 17.1 Å². The van der Waals surface area contributed by atoms with E-state index in [-0.39, 0.29) is 23.2 Å². The van der Waals surface area contributed by atoms with Gasteiger partial charge in [-0.2, -0.15) is 10.2 Å². The van der Waals surface area contributed by atoms with Gasteiger partial charge in [-0.3, -0.25) is 4.79 Å². The lowest BCUT2D eigenvalue weighted by atomic mass is 9.90. The van der Waals surface area contributed by atoms with Gasteiger partial charge in [0.15, 0.2) is 5.82 Å². The largest absolute Gasteiger partial charge is 0.334 e. The van der Waals surface area contributed by atoms with Gasteiger partial charge in [-0.05, 0) is 30.9 Å². The van der Waals surface area contributed by atoms with Crippen LogP contribution in [0, 0.1) is 11.7 Å². The Morgan fingerprint density at radius 3 is 2.83 bits per heavy atom. The first kappa shape index (κ1) is 15.6. The lowest BCUT2D eigenvalue weighted by molar-refractivity contribution is 0.0531. The molecule has 1 fully saturated rings. The molecular weight excluding hydrogens is 297 g/mol. The molecule has 23 heavy (non-hydrogen) atoms. The molecule has 2 aromatic rings. The predicted molar refractivity (Wildman–Crippen MR) is 83.6 cm³/mol. The Labute approximate surface area is 134 Å². The number of halogens is 1. The molecule has 122 valence electrons. The van der Waals surface area contributed by atoms with Crippen LogP contribution in [0.1, 0.15) is 30.1 Å². The van der Waals surface area contributed by atoms with E-state index in [1.54, 1.807) is 11.0 Å². The molecule has 6 nitrogen and oxygen atoms in total. The van der Waals surface area contributed by atoms with Crippen LogP contribution in [0.2, 0.25) is 0 Å². The summed E-state index contributed by atoms with van der Waals surface area (Å²) in [6.07, 6.45) is 4.87. The minimum Gasteiger partial charge on any atom is -0.334 e. The summed E-state index contributed by atoms with van der Waals surface area (Å²) < 4.78 is 14.3. The number of amides is 1. The van der Waals surface area contributed by atoms with E-state index in [1.807, 2.05) is 0 Å². The number of piperidine rings is 1. The Balaban J connectivity index is 2.01. The van der Waals surface area contributed by atoms with Crippen molar-refractivity contribution in [1.82, 2.24) is 19.9 Å². The number of nitrogens with zero attached hydrogens (tertiary/aromatic N) is 4. The van der Waals surface area contributed by atoms with Crippen molar-refractivity contribution in [3.05, 3.63) is 42.0 Å². The molecule has 1 saturated heterocycles. The summed E-state index contributed by atoms with van der Waals surface area (Å²) in [5.74, 6) is -0.419. The number of para-hydroxylation sites is 1. The minimum atomic E-state index is -0.526. The van der Waals surface area contributed by atoms with Crippen LogP contribution in [0.15, 0.2) is 30.6 Å². The zero-order valence-electron chi connectivity index (χ0n) is 13.0. The normalized spacial score (nSPS) is 21.4. The molecule has 0 bridgehead atoms. The number of likely N-dealkylation sites (tertiary alicyclic amines) is 1. The summed E-state index contributed by atoms with van der Waals surface area (Å²) in [4.78, 5) is 15.9. The second-order valence-electron chi connectivity index (χ2n) is 5.88. The topological polar surface area (TPSA) is 77.0 Å². The number of hydrogen-bond donors (Lipinski definition) is 1. The van der Waals surface area contributed by atoms with Gasteiger partial charge in [0, 0.05) is 19.1 Å². The smallest absolute Gasteiger partial charge is 0.256 e. The molecule has 0 aliphatic carbocycles. The average Bonchev–Trinajstić information content (AvgIpc) is 3.07. The zero-order valence-corrected chi connectivity index (χ0v) is 13.0. The maximum atomic E-state index is 14.3. The SMILES string of the molecule is C[C@@H]1CCCN(C(=O)c2cccc(F)c2-n2nccn2)C1CN. The number of carbonyl (C=O) groups is 1. The average molecular weight is 317 g/mol. The number of hydrogen-bond acceptors (Lipinski definition) is 4. The number of rotatable bonds is 3. The van der Waals surface area contributed by atoms with Gasteiger partial charge in [0.2, 0.25) is 0 Å². The van der Waals surface area contributed by atoms with E-state index >= 15 is 0 Å². The fraction of sp³-hybridized carbons (Fsp3) is 0.438. The quantitative estimate of drug-likeness (QED) is 0.933. The van der Waals surface area contributed by atoms with Gasteiger partial charge in [0.25, 0.3) is 5.91 Å². The van der Waals surface area contributed by atoms with Crippen molar-refractivity contribution >= 4 is 5.91 Å². The van der Waals surface area contributed by atoms with Crippen LogP contribution < -0.4 is 5.73 Å². The molecule has 0 saturated carbocycles. The second kappa shape index (κ2) is 6.45. The van der Waals surface area contributed by atoms with E-state index < -0.39 is 5.82 Å². The number of nitrogens with two attached hydrogens (primary N) is 1. The first-order valence-electron chi connectivity index (χ1n) is 7.79. The molecule has 1 aliphatic rings. The fourth-order valence-electron chi connectivity index (χ4n) is 3.24. The van der Waals surface area contributed by atoms with Crippen molar-refractivity contribution in [2.75, 3.05) is 13.1 Å². The molecule has 7 heteroatoms. The predicted octanol–water partition coefficient (Wildman–Crippen LogP) is 1.61. The monoisotopic (exact) mass is 317 g/mol. The summed E-state index contributed by atoms with van der Waals surface area (Å²) in [5.41, 5.74) is 6.20. The maximum absolute atomic E-state index is 14.3. The molecule has 1 aromatic heterocycles. The Kier molecular flexibility index (Phi) is 4.38. The number of carbonyl (C=O) groups excluding carboxylic acids is 1. The molecule has 0 spiro atoms. The Hall–Kier alpha value is -2.28. The minimum absolute atomic E-state index is 0.0297. The Morgan fingerprint density at radius 1 is 1.39 bits per heavy atom. The number of benzene rings is 1. The van der Waals surface area contributed by atoms with E-state index in [1.165, 1.54) is 24.5 Å². The van der Waals surface area contributed by atoms with Crippen LogP contribution in [0.4, 0.5) is 4.39 Å². The molecular formula is C16H20FN5O. The summed E-state index contributed by atoms with van der Waals surface area (Å²) >= 11 is 0. The van der Waals surface area contributed by atoms with E-state index in [0.29, 0.717) is 19.0 Å². The molecule has 1 aliphatic heterocycles. The van der Waals surface area contributed by atoms with Gasteiger partial charge < -0.3 is 10.6 Å². The molecule has 2 atom stereocenters. The summed E-state index contributed by atoms with van der Waals surface area (Å²) in [6, 6.07) is 4.41. The van der Waals surface area contributed by atoms with Crippen molar-refractivity contribution in [2.45, 2.75) is 25.8 Å². The van der Waals surface area contributed by atoms with Gasteiger partial charge in [-0.25, -0.2) is 4.39 Å². The second-order valence-corrected chi connectivity index (χ2v) is 5.88. The van der Waals surface area contributed by atoms with Crippen LogP contribution >= 0.6 is 0 Å². The zero-order chi connectivity index (χ0) is 16.4. The third-order valence-corrected chi connectivity index (χ3v) is 4.45. The molecule has 2 heterocycles. The fourth-order valence-corrected chi connectivity index (χ4v) is 3.24. The molecule has 0 radical (unpaired) electrons. The van der Waals surface area contributed by atoms with E-state index in [0.717, 1.165) is 17.6 Å². The third-order valence-electron chi connectivity index (χ3n) is 4.45. The van der Waals surface area contributed by atoms with Crippen molar-refractivity contribution in [1.29, 1.82) is 0 Å². The lowest BCUT2D eigenvalue weighted by Gasteiger charge is -2.39. The first-order chi connectivity index (χ1) is 11.1. The molecule has 2 N–H and O–H groups in total. The van der Waals surface area contributed by atoms with Gasteiger partial charge in [-0.15, -0.1) is 4.80 Å². The van der Waals surface area contributed by atoms with Crippen LogP contribution in [0.5, 0.6) is 0 Å². The summed E-state index contributed by atoms with van der Waals surface area (Å²) in [6.45, 7) is 3.13. The summed E-state index contributed by atoms with van der Waals surface area (Å²) in [7, 11) is 0.